The molecule has 37 heavy (non-hydrogen) atoms. The normalized spacial score (nSPS) is 21.2. The van der Waals surface area contributed by atoms with Crippen LogP contribution in [0.5, 0.6) is 0 Å². The Kier molecular flexibility index (Phi) is 6.77. The van der Waals surface area contributed by atoms with E-state index in [0.29, 0.717) is 18.9 Å². The molecule has 0 bridgehead atoms. The summed E-state index contributed by atoms with van der Waals surface area (Å²) in [6.07, 6.45) is 1.95. The lowest BCUT2D eigenvalue weighted by atomic mass is 9.83. The van der Waals surface area contributed by atoms with Crippen LogP contribution in [0.3, 0.4) is 0 Å². The zero-order chi connectivity index (χ0) is 26.4. The zero-order valence-electron chi connectivity index (χ0n) is 20.8. The van der Waals surface area contributed by atoms with E-state index in [1.54, 1.807) is 6.07 Å². The van der Waals surface area contributed by atoms with Crippen LogP contribution in [0.4, 0.5) is 20.2 Å². The molecule has 1 fully saturated rings. The molecule has 1 amide bonds. The number of nitrogens with zero attached hydrogens (tertiary/aromatic N) is 2. The van der Waals surface area contributed by atoms with Crippen LogP contribution in [0.25, 0.3) is 11.1 Å². The van der Waals surface area contributed by atoms with Gasteiger partial charge in [0.1, 0.15) is 5.69 Å². The maximum atomic E-state index is 13.7. The minimum absolute atomic E-state index is 0.0547. The van der Waals surface area contributed by atoms with E-state index in [0.717, 1.165) is 48.3 Å². The molecule has 3 atom stereocenters. The van der Waals surface area contributed by atoms with Crippen LogP contribution in [-0.2, 0) is 17.1 Å². The number of carbonyl (C=O) groups excluding carboxylic acids is 1. The predicted octanol–water partition coefficient (Wildman–Crippen LogP) is 4.79. The third-order valence-corrected chi connectivity index (χ3v) is 8.05. The van der Waals surface area contributed by atoms with E-state index in [2.05, 4.69) is 42.6 Å². The first-order valence-electron chi connectivity index (χ1n) is 12.2. The SMILES string of the molecule is Cc1ccc(NC(=O)c2ccnc(C(C)(F)F)c2)cc1-c1ccc2c(c1)N1CCOCC1C(P)(CO)C2. The van der Waals surface area contributed by atoms with Gasteiger partial charge >= 0.3 is 0 Å². The number of pyridine rings is 1. The van der Waals surface area contributed by atoms with Crippen molar-refractivity contribution in [3.8, 4) is 11.1 Å². The lowest BCUT2D eigenvalue weighted by Gasteiger charge is -2.51. The zero-order valence-corrected chi connectivity index (χ0v) is 22.0. The Bertz CT molecular complexity index is 1350. The van der Waals surface area contributed by atoms with Crippen molar-refractivity contribution in [1.29, 1.82) is 0 Å². The number of fused-ring (bicyclic) bond motifs is 3. The van der Waals surface area contributed by atoms with Crippen molar-refractivity contribution in [3.05, 3.63) is 77.1 Å². The third-order valence-electron chi connectivity index (χ3n) is 7.28. The molecule has 1 aromatic heterocycles. The largest absolute Gasteiger partial charge is 0.395 e. The van der Waals surface area contributed by atoms with Gasteiger partial charge in [-0.3, -0.25) is 9.78 Å². The molecule has 5 rings (SSSR count). The van der Waals surface area contributed by atoms with Crippen LogP contribution in [-0.4, -0.2) is 53.6 Å². The van der Waals surface area contributed by atoms with Gasteiger partial charge in [-0.25, -0.2) is 0 Å². The second-order valence-corrected chi connectivity index (χ2v) is 11.1. The number of morpholine rings is 1. The molecular formula is C28H30F2N3O3P. The molecule has 2 aliphatic rings. The summed E-state index contributed by atoms with van der Waals surface area (Å²) in [5.74, 6) is -3.61. The standard InChI is InChI=1S/C28H30F2N3O3P/c1-17-3-6-21(32-26(35)19-7-8-31-24(12-19)27(2,29)30)13-22(17)18-4-5-20-14-28(37,16-34)25-15-36-10-9-33(25)23(20)11-18/h3-8,11-13,25,34H,9-10,14-16,37H2,1-2H3,(H,32,35). The summed E-state index contributed by atoms with van der Waals surface area (Å²) in [4.78, 5) is 18.9. The highest BCUT2D eigenvalue weighted by Gasteiger charge is 2.44. The van der Waals surface area contributed by atoms with Gasteiger partial charge < -0.3 is 20.1 Å². The summed E-state index contributed by atoms with van der Waals surface area (Å²) in [5.41, 5.74) is 5.56. The van der Waals surface area contributed by atoms with E-state index in [9.17, 15) is 18.7 Å². The number of halogens is 2. The number of hydrogen-bond acceptors (Lipinski definition) is 5. The number of rotatable bonds is 5. The van der Waals surface area contributed by atoms with Gasteiger partial charge in [0.25, 0.3) is 11.8 Å². The lowest BCUT2D eigenvalue weighted by molar-refractivity contribution is 0.0127. The number of carbonyl (C=O) groups is 1. The number of anilines is 2. The molecule has 3 aromatic rings. The molecule has 9 heteroatoms. The maximum Gasteiger partial charge on any atom is 0.286 e. The second-order valence-electron chi connectivity index (χ2n) is 10.00. The van der Waals surface area contributed by atoms with E-state index in [1.807, 2.05) is 19.1 Å². The quantitative estimate of drug-likeness (QED) is 0.469. The van der Waals surface area contributed by atoms with Gasteiger partial charge in [0.2, 0.25) is 0 Å². The van der Waals surface area contributed by atoms with Crippen molar-refractivity contribution in [2.45, 2.75) is 37.4 Å². The number of ether oxygens (including phenoxy) is 1. The van der Waals surface area contributed by atoms with Gasteiger partial charge in [-0.15, -0.1) is 9.24 Å². The van der Waals surface area contributed by atoms with Crippen molar-refractivity contribution >= 4 is 26.5 Å². The first-order chi connectivity index (χ1) is 17.6. The fraction of sp³-hybridized carbons (Fsp3) is 0.357. The number of amides is 1. The van der Waals surface area contributed by atoms with E-state index in [4.69, 9.17) is 4.74 Å². The summed E-state index contributed by atoms with van der Waals surface area (Å²) in [7, 11) is 2.86. The minimum atomic E-state index is -3.13. The number of nitrogens with one attached hydrogen (secondary N) is 1. The number of hydrogen-bond donors (Lipinski definition) is 2. The number of aliphatic hydroxyl groups is 1. The number of aryl methyl sites for hydroxylation is 1. The van der Waals surface area contributed by atoms with Crippen LogP contribution >= 0.6 is 9.24 Å². The highest BCUT2D eigenvalue weighted by Crippen LogP contribution is 2.44. The summed E-state index contributed by atoms with van der Waals surface area (Å²) in [6, 6.07) is 14.6. The fourth-order valence-corrected chi connectivity index (χ4v) is 5.67. The molecule has 1 saturated heterocycles. The number of aromatic nitrogens is 1. The Balaban J connectivity index is 1.45. The second kappa shape index (κ2) is 9.75. The average molecular weight is 526 g/mol. The van der Waals surface area contributed by atoms with Gasteiger partial charge in [-0.2, -0.15) is 8.78 Å². The Morgan fingerprint density at radius 1 is 1.27 bits per heavy atom. The average Bonchev–Trinajstić information content (AvgIpc) is 2.89. The molecule has 2 N–H and O–H groups in total. The van der Waals surface area contributed by atoms with Crippen molar-refractivity contribution in [2.24, 2.45) is 0 Å². The van der Waals surface area contributed by atoms with Gasteiger partial charge in [-0.05, 0) is 65.9 Å². The Labute approximate surface area is 217 Å². The summed E-state index contributed by atoms with van der Waals surface area (Å²) < 4.78 is 33.1. The molecule has 0 aliphatic carbocycles. The first kappa shape index (κ1) is 25.7. The summed E-state index contributed by atoms with van der Waals surface area (Å²) in [6.45, 7) is 4.76. The molecule has 194 valence electrons. The van der Waals surface area contributed by atoms with Crippen LogP contribution in [0, 0.1) is 6.92 Å². The summed E-state index contributed by atoms with van der Waals surface area (Å²) >= 11 is 0. The topological polar surface area (TPSA) is 74.7 Å². The maximum absolute atomic E-state index is 13.7. The molecule has 2 aliphatic heterocycles. The van der Waals surface area contributed by atoms with Gasteiger partial charge in [-0.1, -0.05) is 18.2 Å². The van der Waals surface area contributed by atoms with Crippen molar-refractivity contribution in [1.82, 2.24) is 4.98 Å². The van der Waals surface area contributed by atoms with Crippen molar-refractivity contribution < 1.29 is 23.4 Å². The van der Waals surface area contributed by atoms with E-state index < -0.39 is 17.5 Å². The smallest absolute Gasteiger partial charge is 0.286 e. The molecule has 6 nitrogen and oxygen atoms in total. The predicted molar refractivity (Wildman–Crippen MR) is 144 cm³/mol. The van der Waals surface area contributed by atoms with Crippen molar-refractivity contribution in [3.63, 3.8) is 0 Å². The highest BCUT2D eigenvalue weighted by atomic mass is 31.0. The summed E-state index contributed by atoms with van der Waals surface area (Å²) in [5, 5.41) is 12.6. The van der Waals surface area contributed by atoms with Gasteiger partial charge in [0.15, 0.2) is 0 Å². The fourth-order valence-electron chi connectivity index (χ4n) is 5.18. The van der Waals surface area contributed by atoms with Gasteiger partial charge in [0.05, 0.1) is 25.9 Å². The highest BCUT2D eigenvalue weighted by molar-refractivity contribution is 7.19. The Morgan fingerprint density at radius 3 is 2.84 bits per heavy atom. The van der Waals surface area contributed by atoms with Crippen LogP contribution in [0.1, 0.15) is 34.1 Å². The van der Waals surface area contributed by atoms with E-state index in [1.165, 1.54) is 17.8 Å². The molecule has 0 spiro atoms. The van der Waals surface area contributed by atoms with E-state index >= 15 is 0 Å². The van der Waals surface area contributed by atoms with Gasteiger partial charge in [0, 0.05) is 41.8 Å². The molecule has 0 radical (unpaired) electrons. The molecule has 2 aromatic carbocycles. The van der Waals surface area contributed by atoms with E-state index in [-0.39, 0.29) is 23.4 Å². The van der Waals surface area contributed by atoms with Crippen LogP contribution in [0.2, 0.25) is 0 Å². The van der Waals surface area contributed by atoms with Crippen LogP contribution in [0.15, 0.2) is 54.7 Å². The minimum Gasteiger partial charge on any atom is -0.395 e. The number of aliphatic hydroxyl groups excluding tert-OH is 1. The van der Waals surface area contributed by atoms with Crippen LogP contribution < -0.4 is 10.2 Å². The monoisotopic (exact) mass is 525 g/mol. The Morgan fingerprint density at radius 2 is 2.08 bits per heavy atom. The number of benzene rings is 2. The molecule has 3 unspecified atom stereocenters. The third kappa shape index (κ3) is 4.98. The lowest BCUT2D eigenvalue weighted by Crippen LogP contribution is -2.61. The molecular weight excluding hydrogens is 495 g/mol. The number of alkyl halides is 2. The van der Waals surface area contributed by atoms with Crippen molar-refractivity contribution in [2.75, 3.05) is 36.6 Å². The Hall–Kier alpha value is -2.93. The first-order valence-corrected chi connectivity index (χ1v) is 12.8. The molecule has 0 saturated carbocycles. The molecule has 3 heterocycles.